The zero-order valence-corrected chi connectivity index (χ0v) is 15.9. The molecule has 148 valence electrons. The molecule has 0 fully saturated rings. The van der Waals surface area contributed by atoms with E-state index in [2.05, 4.69) is 5.32 Å². The highest BCUT2D eigenvalue weighted by atomic mass is 16.6. The molecule has 0 saturated heterocycles. The molecular formula is C22H21N3O4. The molecular weight excluding hydrogens is 370 g/mol. The number of ether oxygens (including phenoxy) is 2. The van der Waals surface area contributed by atoms with Gasteiger partial charge in [0.15, 0.2) is 11.5 Å². The highest BCUT2D eigenvalue weighted by Gasteiger charge is 2.17. The van der Waals surface area contributed by atoms with E-state index in [0.29, 0.717) is 53.4 Å². The molecule has 3 aromatic rings. The highest BCUT2D eigenvalue weighted by Crippen LogP contribution is 2.32. The number of carbonyl (C=O) groups excluding carboxylic acids is 1. The van der Waals surface area contributed by atoms with Gasteiger partial charge in [-0.15, -0.1) is 0 Å². The minimum absolute atomic E-state index is 0.0225. The molecule has 1 N–H and O–H groups in total. The Morgan fingerprint density at radius 1 is 1.00 bits per heavy atom. The summed E-state index contributed by atoms with van der Waals surface area (Å²) in [6.45, 7) is 1.72. The van der Waals surface area contributed by atoms with Crippen LogP contribution in [0.4, 0.5) is 5.69 Å². The second-order valence-electron chi connectivity index (χ2n) is 7.34. The maximum absolute atomic E-state index is 12.8. The van der Waals surface area contributed by atoms with E-state index in [1.165, 1.54) is 0 Å². The first-order valence-corrected chi connectivity index (χ1v) is 9.93. The fourth-order valence-electron chi connectivity index (χ4n) is 3.88. The van der Waals surface area contributed by atoms with Gasteiger partial charge in [0, 0.05) is 30.3 Å². The molecule has 0 radical (unpaired) electrons. The first kappa shape index (κ1) is 17.7. The SMILES string of the molecule is O=C(Nc1ccc2c(c1)OCCO2)c1ccc2c(=O)n3c(nc2c1)CCCCC3. The molecule has 29 heavy (non-hydrogen) atoms. The third-order valence-corrected chi connectivity index (χ3v) is 5.38. The van der Waals surface area contributed by atoms with Gasteiger partial charge in [-0.05, 0) is 43.2 Å². The Hall–Kier alpha value is -3.35. The monoisotopic (exact) mass is 391 g/mol. The second-order valence-corrected chi connectivity index (χ2v) is 7.34. The number of rotatable bonds is 2. The number of amides is 1. The fraction of sp³-hybridized carbons (Fsp3) is 0.318. The van der Waals surface area contributed by atoms with Gasteiger partial charge < -0.3 is 14.8 Å². The molecule has 2 aliphatic rings. The van der Waals surface area contributed by atoms with Crippen molar-refractivity contribution in [1.29, 1.82) is 0 Å². The van der Waals surface area contributed by atoms with Gasteiger partial charge >= 0.3 is 0 Å². The average molecular weight is 391 g/mol. The van der Waals surface area contributed by atoms with Crippen LogP contribution in [-0.4, -0.2) is 28.7 Å². The lowest BCUT2D eigenvalue weighted by Crippen LogP contribution is -2.24. The van der Waals surface area contributed by atoms with Crippen LogP contribution in [-0.2, 0) is 13.0 Å². The number of hydrogen-bond donors (Lipinski definition) is 1. The molecule has 7 nitrogen and oxygen atoms in total. The molecule has 1 amide bonds. The Labute approximate surface area is 167 Å². The molecule has 0 aliphatic carbocycles. The Balaban J connectivity index is 1.45. The zero-order valence-electron chi connectivity index (χ0n) is 15.9. The van der Waals surface area contributed by atoms with Gasteiger partial charge in [-0.3, -0.25) is 14.2 Å². The summed E-state index contributed by atoms with van der Waals surface area (Å²) in [4.78, 5) is 30.3. The van der Waals surface area contributed by atoms with Crippen molar-refractivity contribution in [3.63, 3.8) is 0 Å². The lowest BCUT2D eigenvalue weighted by atomic mass is 10.1. The molecule has 0 atom stereocenters. The van der Waals surface area contributed by atoms with Crippen molar-refractivity contribution in [3.8, 4) is 11.5 Å². The van der Waals surface area contributed by atoms with Crippen LogP contribution in [0.25, 0.3) is 10.9 Å². The van der Waals surface area contributed by atoms with Crippen LogP contribution in [0.15, 0.2) is 41.2 Å². The summed E-state index contributed by atoms with van der Waals surface area (Å²) in [6, 6.07) is 10.4. The summed E-state index contributed by atoms with van der Waals surface area (Å²) in [5.41, 5.74) is 1.62. The predicted molar refractivity (Wildman–Crippen MR) is 109 cm³/mol. The first-order valence-electron chi connectivity index (χ1n) is 9.93. The van der Waals surface area contributed by atoms with E-state index >= 15 is 0 Å². The summed E-state index contributed by atoms with van der Waals surface area (Å²) in [5.74, 6) is 1.83. The predicted octanol–water partition coefficient (Wildman–Crippen LogP) is 3.15. The summed E-state index contributed by atoms with van der Waals surface area (Å²) >= 11 is 0. The molecule has 0 bridgehead atoms. The third-order valence-electron chi connectivity index (χ3n) is 5.38. The lowest BCUT2D eigenvalue weighted by Gasteiger charge is -2.19. The third kappa shape index (κ3) is 3.33. The Morgan fingerprint density at radius 3 is 2.76 bits per heavy atom. The second kappa shape index (κ2) is 7.24. The molecule has 3 heterocycles. The number of benzene rings is 2. The average Bonchev–Trinajstić information content (AvgIpc) is 2.99. The highest BCUT2D eigenvalue weighted by molar-refractivity contribution is 6.06. The van der Waals surface area contributed by atoms with E-state index in [9.17, 15) is 9.59 Å². The molecule has 2 aliphatic heterocycles. The van der Waals surface area contributed by atoms with Crippen molar-refractivity contribution >= 4 is 22.5 Å². The topological polar surface area (TPSA) is 82.5 Å². The van der Waals surface area contributed by atoms with E-state index in [1.54, 1.807) is 41.0 Å². The molecule has 5 rings (SSSR count). The zero-order chi connectivity index (χ0) is 19.8. The van der Waals surface area contributed by atoms with Crippen LogP contribution in [0.3, 0.4) is 0 Å². The van der Waals surface area contributed by atoms with Crippen LogP contribution in [0, 0.1) is 0 Å². The van der Waals surface area contributed by atoms with E-state index in [-0.39, 0.29) is 11.5 Å². The van der Waals surface area contributed by atoms with Crippen molar-refractivity contribution in [1.82, 2.24) is 9.55 Å². The van der Waals surface area contributed by atoms with Gasteiger partial charge in [0.1, 0.15) is 19.0 Å². The van der Waals surface area contributed by atoms with Gasteiger partial charge in [0.05, 0.1) is 10.9 Å². The number of nitrogens with one attached hydrogen (secondary N) is 1. The number of carbonyl (C=O) groups is 1. The maximum atomic E-state index is 12.8. The number of hydrogen-bond acceptors (Lipinski definition) is 5. The largest absolute Gasteiger partial charge is 0.486 e. The molecule has 7 heteroatoms. The van der Waals surface area contributed by atoms with Crippen molar-refractivity contribution < 1.29 is 14.3 Å². The molecule has 2 aromatic carbocycles. The van der Waals surface area contributed by atoms with Crippen molar-refractivity contribution in [2.45, 2.75) is 32.2 Å². The smallest absolute Gasteiger partial charge is 0.261 e. The van der Waals surface area contributed by atoms with Crippen LogP contribution in [0.1, 0.15) is 35.4 Å². The van der Waals surface area contributed by atoms with Crippen LogP contribution >= 0.6 is 0 Å². The molecule has 0 saturated carbocycles. The van der Waals surface area contributed by atoms with Crippen LogP contribution < -0.4 is 20.3 Å². The molecule has 0 spiro atoms. The van der Waals surface area contributed by atoms with Gasteiger partial charge in [-0.1, -0.05) is 6.42 Å². The summed E-state index contributed by atoms with van der Waals surface area (Å²) in [6.07, 6.45) is 3.92. The standard InChI is InChI=1S/C22H21N3O4/c26-21(23-15-6-8-18-19(13-15)29-11-10-28-18)14-5-7-16-17(12-14)24-20-4-2-1-3-9-25(20)22(16)27/h5-8,12-13H,1-4,9-11H2,(H,23,26). The van der Waals surface area contributed by atoms with Crippen LogP contribution in [0.5, 0.6) is 11.5 Å². The Bertz CT molecular complexity index is 1170. The minimum atomic E-state index is -0.263. The number of aromatic nitrogens is 2. The first-order chi connectivity index (χ1) is 14.2. The van der Waals surface area contributed by atoms with Gasteiger partial charge in [0.25, 0.3) is 11.5 Å². The number of anilines is 1. The van der Waals surface area contributed by atoms with Gasteiger partial charge in [-0.2, -0.15) is 0 Å². The minimum Gasteiger partial charge on any atom is -0.486 e. The van der Waals surface area contributed by atoms with Crippen LogP contribution in [0.2, 0.25) is 0 Å². The van der Waals surface area contributed by atoms with Crippen molar-refractivity contribution in [3.05, 3.63) is 58.1 Å². The molecule has 1 aromatic heterocycles. The van der Waals surface area contributed by atoms with Crippen molar-refractivity contribution in [2.75, 3.05) is 18.5 Å². The normalized spacial score (nSPS) is 15.4. The summed E-state index contributed by atoms with van der Waals surface area (Å²) in [5, 5.41) is 3.42. The summed E-state index contributed by atoms with van der Waals surface area (Å²) < 4.78 is 12.8. The quantitative estimate of drug-likeness (QED) is 0.726. The maximum Gasteiger partial charge on any atom is 0.261 e. The lowest BCUT2D eigenvalue weighted by molar-refractivity contribution is 0.102. The number of nitrogens with zero attached hydrogens (tertiary/aromatic N) is 2. The Morgan fingerprint density at radius 2 is 1.86 bits per heavy atom. The summed E-state index contributed by atoms with van der Waals surface area (Å²) in [7, 11) is 0. The van der Waals surface area contributed by atoms with Crippen molar-refractivity contribution in [2.24, 2.45) is 0 Å². The number of fused-ring (bicyclic) bond motifs is 3. The Kier molecular flexibility index (Phi) is 4.42. The van der Waals surface area contributed by atoms with E-state index < -0.39 is 0 Å². The van der Waals surface area contributed by atoms with E-state index in [0.717, 1.165) is 31.5 Å². The van der Waals surface area contributed by atoms with E-state index in [4.69, 9.17) is 14.5 Å². The van der Waals surface area contributed by atoms with Gasteiger partial charge in [-0.25, -0.2) is 4.98 Å². The fourth-order valence-corrected chi connectivity index (χ4v) is 3.88. The van der Waals surface area contributed by atoms with E-state index in [1.807, 2.05) is 0 Å². The molecule has 0 unspecified atom stereocenters. The number of aryl methyl sites for hydroxylation is 1. The van der Waals surface area contributed by atoms with Gasteiger partial charge in [0.2, 0.25) is 0 Å².